The number of fused-ring (bicyclic) bond motifs is 2. The number of benzene rings is 1. The fourth-order valence-electron chi connectivity index (χ4n) is 3.72. The molecule has 4 rings (SSSR count). The highest BCUT2D eigenvalue weighted by molar-refractivity contribution is 6.07. The van der Waals surface area contributed by atoms with E-state index in [1.807, 2.05) is 63.2 Å². The monoisotopic (exact) mass is 418 g/mol. The van der Waals surface area contributed by atoms with E-state index in [-0.39, 0.29) is 18.6 Å². The van der Waals surface area contributed by atoms with Gasteiger partial charge in [-0.15, -0.1) is 0 Å². The van der Waals surface area contributed by atoms with Crippen LogP contribution in [0, 0.1) is 5.92 Å². The summed E-state index contributed by atoms with van der Waals surface area (Å²) in [6, 6.07) is 11.2. The van der Waals surface area contributed by atoms with Crippen LogP contribution in [0.5, 0.6) is 0 Å². The van der Waals surface area contributed by atoms with Crippen molar-refractivity contribution < 1.29 is 18.7 Å². The van der Waals surface area contributed by atoms with Crippen molar-refractivity contribution in [2.24, 2.45) is 5.92 Å². The van der Waals surface area contributed by atoms with Crippen molar-refractivity contribution in [1.82, 2.24) is 10.3 Å². The maximum Gasteiger partial charge on any atom is 0.339 e. The zero-order valence-corrected chi connectivity index (χ0v) is 18.0. The lowest BCUT2D eigenvalue weighted by molar-refractivity contribution is -0.125. The molecule has 0 aliphatic heterocycles. The van der Waals surface area contributed by atoms with Crippen LogP contribution in [0.2, 0.25) is 0 Å². The van der Waals surface area contributed by atoms with E-state index in [0.717, 1.165) is 39.9 Å². The lowest BCUT2D eigenvalue weighted by atomic mass is 10.0. The second-order valence-corrected chi connectivity index (χ2v) is 8.19. The van der Waals surface area contributed by atoms with Gasteiger partial charge < -0.3 is 14.5 Å². The number of hydrogen-bond donors (Lipinski definition) is 1. The van der Waals surface area contributed by atoms with Gasteiger partial charge in [0.05, 0.1) is 23.0 Å². The number of amides is 1. The number of allylic oxidation sites excluding steroid dienone is 1. The summed E-state index contributed by atoms with van der Waals surface area (Å²) in [5.74, 6) is 0.244. The summed E-state index contributed by atoms with van der Waals surface area (Å²) in [6.07, 6.45) is 5.03. The van der Waals surface area contributed by atoms with Crippen LogP contribution in [0.15, 0.2) is 47.1 Å². The third-order valence-electron chi connectivity index (χ3n) is 5.73. The highest BCUT2D eigenvalue weighted by atomic mass is 16.5. The molecule has 6 nitrogen and oxygen atoms in total. The minimum absolute atomic E-state index is 0.00602. The lowest BCUT2D eigenvalue weighted by Crippen LogP contribution is -2.38. The molecule has 0 fully saturated rings. The van der Waals surface area contributed by atoms with Crippen molar-refractivity contribution in [1.29, 1.82) is 0 Å². The van der Waals surface area contributed by atoms with E-state index in [1.54, 1.807) is 6.26 Å². The number of pyridine rings is 1. The van der Waals surface area contributed by atoms with E-state index < -0.39 is 5.97 Å². The Bertz CT molecular complexity index is 1150. The van der Waals surface area contributed by atoms with Crippen LogP contribution in [-0.2, 0) is 16.0 Å². The number of hydrogen-bond acceptors (Lipinski definition) is 5. The smallest absolute Gasteiger partial charge is 0.339 e. The van der Waals surface area contributed by atoms with Crippen molar-refractivity contribution in [3.63, 3.8) is 0 Å². The molecule has 31 heavy (non-hydrogen) atoms. The average Bonchev–Trinajstić information content (AvgIpc) is 3.40. The van der Waals surface area contributed by atoms with E-state index in [1.165, 1.54) is 0 Å². The van der Waals surface area contributed by atoms with E-state index in [2.05, 4.69) is 5.32 Å². The van der Waals surface area contributed by atoms with Crippen molar-refractivity contribution in [2.75, 3.05) is 6.61 Å². The topological polar surface area (TPSA) is 81.4 Å². The summed E-state index contributed by atoms with van der Waals surface area (Å²) in [5.41, 5.74) is 3.89. The number of carbonyl (C=O) groups is 2. The van der Waals surface area contributed by atoms with Crippen LogP contribution >= 0.6 is 0 Å². The van der Waals surface area contributed by atoms with Crippen LogP contribution in [0.25, 0.3) is 22.6 Å². The largest absolute Gasteiger partial charge is 0.465 e. The molecule has 0 saturated heterocycles. The number of nitrogens with zero attached hydrogens (tertiary/aromatic N) is 1. The fraction of sp³-hybridized carbons (Fsp3) is 0.320. The Labute approximate surface area is 181 Å². The van der Waals surface area contributed by atoms with Crippen molar-refractivity contribution in [3.05, 3.63) is 65.2 Å². The number of esters is 1. The van der Waals surface area contributed by atoms with E-state index in [4.69, 9.17) is 14.1 Å². The van der Waals surface area contributed by atoms with Crippen LogP contribution in [0.4, 0.5) is 0 Å². The first-order chi connectivity index (χ1) is 14.9. The number of aromatic nitrogens is 1. The van der Waals surface area contributed by atoms with Crippen LogP contribution in [-0.4, -0.2) is 29.5 Å². The Morgan fingerprint density at radius 1 is 1.16 bits per heavy atom. The fourth-order valence-corrected chi connectivity index (χ4v) is 3.72. The number of rotatable bonds is 6. The quantitative estimate of drug-likeness (QED) is 0.590. The Kier molecular flexibility index (Phi) is 5.89. The first kappa shape index (κ1) is 20.8. The molecule has 1 aliphatic carbocycles. The van der Waals surface area contributed by atoms with Crippen LogP contribution in [0.3, 0.4) is 0 Å². The third-order valence-corrected chi connectivity index (χ3v) is 5.73. The maximum atomic E-state index is 13.1. The van der Waals surface area contributed by atoms with Crippen LogP contribution in [0.1, 0.15) is 54.6 Å². The molecule has 0 unspecified atom stereocenters. The number of para-hydroxylation sites is 1. The van der Waals surface area contributed by atoms with Gasteiger partial charge in [-0.05, 0) is 61.1 Å². The van der Waals surface area contributed by atoms with Crippen LogP contribution < -0.4 is 5.32 Å². The Morgan fingerprint density at radius 3 is 2.71 bits per heavy atom. The first-order valence-electron chi connectivity index (χ1n) is 10.6. The Hall–Kier alpha value is -3.41. The molecule has 2 aromatic heterocycles. The zero-order valence-electron chi connectivity index (χ0n) is 18.0. The number of ether oxygens (including phenoxy) is 1. The molecule has 2 heterocycles. The van der Waals surface area contributed by atoms with Crippen molar-refractivity contribution in [3.8, 4) is 0 Å². The van der Waals surface area contributed by atoms with Gasteiger partial charge in [0.15, 0.2) is 6.61 Å². The van der Waals surface area contributed by atoms with Gasteiger partial charge in [0.1, 0.15) is 5.76 Å². The molecule has 1 atom stereocenters. The molecule has 0 bridgehead atoms. The van der Waals surface area contributed by atoms with Crippen molar-refractivity contribution >= 4 is 34.4 Å². The molecular formula is C25H26N2O4. The van der Waals surface area contributed by atoms with E-state index >= 15 is 0 Å². The summed E-state index contributed by atoms with van der Waals surface area (Å²) in [4.78, 5) is 30.1. The highest BCUT2D eigenvalue weighted by Gasteiger charge is 2.28. The van der Waals surface area contributed by atoms with Crippen molar-refractivity contribution in [2.45, 2.75) is 39.7 Å². The zero-order chi connectivity index (χ0) is 22.0. The number of nitrogens with one attached hydrogen (secondary N) is 1. The molecule has 6 heteroatoms. The lowest BCUT2D eigenvalue weighted by Gasteiger charge is -2.17. The molecule has 1 N–H and O–H groups in total. The Balaban J connectivity index is 1.65. The predicted molar refractivity (Wildman–Crippen MR) is 119 cm³/mol. The average molecular weight is 418 g/mol. The third kappa shape index (κ3) is 4.38. The predicted octanol–water partition coefficient (Wildman–Crippen LogP) is 4.63. The van der Waals surface area contributed by atoms with Gasteiger partial charge in [0, 0.05) is 11.4 Å². The summed E-state index contributed by atoms with van der Waals surface area (Å²) >= 11 is 0. The van der Waals surface area contributed by atoms with E-state index in [0.29, 0.717) is 17.9 Å². The summed E-state index contributed by atoms with van der Waals surface area (Å²) in [6.45, 7) is 5.67. The van der Waals surface area contributed by atoms with E-state index in [9.17, 15) is 9.59 Å². The maximum absolute atomic E-state index is 13.1. The van der Waals surface area contributed by atoms with Gasteiger partial charge in [-0.1, -0.05) is 32.0 Å². The number of carbonyl (C=O) groups excluding carboxylic acids is 2. The molecule has 3 aromatic rings. The van der Waals surface area contributed by atoms with Gasteiger partial charge in [0.2, 0.25) is 0 Å². The second kappa shape index (κ2) is 8.76. The normalized spacial score (nSPS) is 15.3. The SMILES string of the molecule is CC(C)[C@@H](C)NC(=O)COC(=O)c1c2c(nc3ccccc13)/C(=C/c1ccco1)CC2. The summed E-state index contributed by atoms with van der Waals surface area (Å²) in [5, 5.41) is 3.60. The first-order valence-corrected chi connectivity index (χ1v) is 10.6. The minimum atomic E-state index is -0.499. The summed E-state index contributed by atoms with van der Waals surface area (Å²) in [7, 11) is 0. The molecular weight excluding hydrogens is 392 g/mol. The van der Waals surface area contributed by atoms with Gasteiger partial charge in [-0.25, -0.2) is 9.78 Å². The highest BCUT2D eigenvalue weighted by Crippen LogP contribution is 2.37. The molecule has 1 aromatic carbocycles. The standard InChI is InChI=1S/C25H26N2O4/c1-15(2)16(3)26-22(28)14-31-25(29)23-19-8-4-5-9-21(19)27-24-17(10-11-20(23)24)13-18-7-6-12-30-18/h4-9,12-13,15-16H,10-11,14H2,1-3H3,(H,26,28)/b17-13+/t16-/m1/s1. The molecule has 1 aliphatic rings. The molecule has 0 radical (unpaired) electrons. The Morgan fingerprint density at radius 2 is 1.97 bits per heavy atom. The van der Waals surface area contributed by atoms with Gasteiger partial charge in [-0.2, -0.15) is 0 Å². The number of furan rings is 1. The van der Waals surface area contributed by atoms with Gasteiger partial charge in [0.25, 0.3) is 5.91 Å². The van der Waals surface area contributed by atoms with Gasteiger partial charge >= 0.3 is 5.97 Å². The molecule has 0 spiro atoms. The minimum Gasteiger partial charge on any atom is -0.465 e. The second-order valence-electron chi connectivity index (χ2n) is 8.19. The summed E-state index contributed by atoms with van der Waals surface area (Å²) < 4.78 is 10.9. The van der Waals surface area contributed by atoms with Gasteiger partial charge in [-0.3, -0.25) is 4.79 Å². The molecule has 1 amide bonds. The molecule has 0 saturated carbocycles. The molecule has 160 valence electrons.